The number of carbonyl (C=O) groups excluding carboxylic acids is 1. The normalized spacial score (nSPS) is 28.8. The van der Waals surface area contributed by atoms with Crippen LogP contribution in [0.25, 0.3) is 0 Å². The van der Waals surface area contributed by atoms with Crippen LogP contribution < -0.4 is 0 Å². The highest BCUT2D eigenvalue weighted by atomic mass is 79.9. The molecular formula is C9H15BrO2. The molecule has 0 spiro atoms. The van der Waals surface area contributed by atoms with Crippen LogP contribution in [0.4, 0.5) is 0 Å². The van der Waals surface area contributed by atoms with E-state index in [1.165, 1.54) is 12.8 Å². The van der Waals surface area contributed by atoms with Gasteiger partial charge < -0.3 is 4.74 Å². The lowest BCUT2D eigenvalue weighted by Gasteiger charge is -2.17. The molecule has 1 aliphatic rings. The molecule has 70 valence electrons. The summed E-state index contributed by atoms with van der Waals surface area (Å²) in [7, 11) is 0. The highest BCUT2D eigenvalue weighted by Crippen LogP contribution is 2.30. The molecule has 0 amide bonds. The maximum Gasteiger partial charge on any atom is 0.316 e. The van der Waals surface area contributed by atoms with Crippen molar-refractivity contribution < 1.29 is 9.53 Å². The fourth-order valence-electron chi connectivity index (χ4n) is 1.83. The van der Waals surface area contributed by atoms with Crippen LogP contribution in [0.1, 0.15) is 32.6 Å². The summed E-state index contributed by atoms with van der Waals surface area (Å²) in [5.41, 5.74) is 0. The van der Waals surface area contributed by atoms with Crippen LogP contribution in [-0.4, -0.2) is 17.4 Å². The van der Waals surface area contributed by atoms with Gasteiger partial charge >= 0.3 is 5.97 Å². The van der Waals surface area contributed by atoms with Crippen LogP contribution in [0.3, 0.4) is 0 Å². The summed E-state index contributed by atoms with van der Waals surface area (Å²) in [6.07, 6.45) is 4.80. The molecule has 1 aliphatic carbocycles. The van der Waals surface area contributed by atoms with Gasteiger partial charge in [0.15, 0.2) is 0 Å². The predicted molar refractivity (Wildman–Crippen MR) is 51.3 cm³/mol. The highest BCUT2D eigenvalue weighted by Gasteiger charge is 2.28. The molecule has 0 aliphatic heterocycles. The van der Waals surface area contributed by atoms with Gasteiger partial charge in [-0.15, -0.1) is 0 Å². The SMILES string of the molecule is CCC1CCCC1OC(=O)CBr. The van der Waals surface area contributed by atoms with E-state index in [0.717, 1.165) is 12.8 Å². The fraction of sp³-hybridized carbons (Fsp3) is 0.889. The third-order valence-electron chi connectivity index (χ3n) is 2.51. The summed E-state index contributed by atoms with van der Waals surface area (Å²) >= 11 is 3.09. The minimum atomic E-state index is -0.125. The topological polar surface area (TPSA) is 26.3 Å². The number of esters is 1. The van der Waals surface area contributed by atoms with Crippen molar-refractivity contribution in [2.45, 2.75) is 38.7 Å². The molecule has 1 fully saturated rings. The second-order valence-corrected chi connectivity index (χ2v) is 3.82. The van der Waals surface area contributed by atoms with Crippen molar-refractivity contribution in [2.24, 2.45) is 5.92 Å². The van der Waals surface area contributed by atoms with Crippen LogP contribution in [0.2, 0.25) is 0 Å². The molecule has 2 atom stereocenters. The number of hydrogen-bond acceptors (Lipinski definition) is 2. The van der Waals surface area contributed by atoms with Crippen LogP contribution in [-0.2, 0) is 9.53 Å². The number of carbonyl (C=O) groups is 1. The first-order valence-corrected chi connectivity index (χ1v) is 5.65. The molecule has 2 nitrogen and oxygen atoms in total. The molecule has 3 heteroatoms. The second kappa shape index (κ2) is 4.85. The van der Waals surface area contributed by atoms with Gasteiger partial charge in [0.1, 0.15) is 11.4 Å². The quantitative estimate of drug-likeness (QED) is 0.555. The molecule has 2 unspecified atom stereocenters. The molecule has 0 heterocycles. The summed E-state index contributed by atoms with van der Waals surface area (Å²) in [5, 5.41) is 0.319. The predicted octanol–water partition coefficient (Wildman–Crippen LogP) is 2.50. The maximum atomic E-state index is 11.0. The van der Waals surface area contributed by atoms with E-state index in [1.807, 2.05) is 0 Å². The Balaban J connectivity index is 2.35. The van der Waals surface area contributed by atoms with Gasteiger partial charge in [-0.05, 0) is 31.6 Å². The Hall–Kier alpha value is -0.0500. The van der Waals surface area contributed by atoms with E-state index in [2.05, 4.69) is 22.9 Å². The van der Waals surface area contributed by atoms with Gasteiger partial charge in [-0.1, -0.05) is 22.9 Å². The van der Waals surface area contributed by atoms with Gasteiger partial charge in [0.2, 0.25) is 0 Å². The van der Waals surface area contributed by atoms with Gasteiger partial charge in [-0.25, -0.2) is 0 Å². The molecule has 12 heavy (non-hydrogen) atoms. The van der Waals surface area contributed by atoms with Gasteiger partial charge in [0, 0.05) is 0 Å². The first-order chi connectivity index (χ1) is 5.77. The molecule has 0 aromatic carbocycles. The largest absolute Gasteiger partial charge is 0.461 e. The molecule has 0 bridgehead atoms. The van der Waals surface area contributed by atoms with Crippen molar-refractivity contribution in [3.8, 4) is 0 Å². The third kappa shape index (κ3) is 2.47. The zero-order valence-electron chi connectivity index (χ0n) is 7.38. The van der Waals surface area contributed by atoms with E-state index in [4.69, 9.17) is 4.74 Å². The van der Waals surface area contributed by atoms with Crippen LogP contribution in [0.5, 0.6) is 0 Å². The van der Waals surface area contributed by atoms with Gasteiger partial charge in [0.05, 0.1) is 0 Å². The molecule has 1 saturated carbocycles. The maximum absolute atomic E-state index is 11.0. The van der Waals surface area contributed by atoms with Crippen molar-refractivity contribution in [1.29, 1.82) is 0 Å². The molecule has 0 saturated heterocycles. The van der Waals surface area contributed by atoms with E-state index < -0.39 is 0 Å². The Kier molecular flexibility index (Phi) is 4.06. The molecule has 0 aromatic heterocycles. The summed E-state index contributed by atoms with van der Waals surface area (Å²) in [6, 6.07) is 0. The number of ether oxygens (including phenoxy) is 1. The van der Waals surface area contributed by atoms with Crippen molar-refractivity contribution in [2.75, 3.05) is 5.33 Å². The third-order valence-corrected chi connectivity index (χ3v) is 2.96. The fourth-order valence-corrected chi connectivity index (χ4v) is 1.96. The van der Waals surface area contributed by atoms with Crippen molar-refractivity contribution >= 4 is 21.9 Å². The summed E-state index contributed by atoms with van der Waals surface area (Å²) < 4.78 is 5.28. The Morgan fingerprint density at radius 1 is 1.58 bits per heavy atom. The van der Waals surface area contributed by atoms with E-state index in [1.54, 1.807) is 0 Å². The average Bonchev–Trinajstić information content (AvgIpc) is 2.51. The summed E-state index contributed by atoms with van der Waals surface area (Å²) in [5.74, 6) is 0.480. The summed E-state index contributed by atoms with van der Waals surface area (Å²) in [6.45, 7) is 2.16. The zero-order valence-corrected chi connectivity index (χ0v) is 8.97. The standard InChI is InChI=1S/C9H15BrO2/c1-2-7-4-3-5-8(7)12-9(11)6-10/h7-8H,2-6H2,1H3. The number of halogens is 1. The number of alkyl halides is 1. The Morgan fingerprint density at radius 3 is 2.92 bits per heavy atom. The second-order valence-electron chi connectivity index (χ2n) is 3.26. The van der Waals surface area contributed by atoms with Crippen LogP contribution >= 0.6 is 15.9 Å². The first-order valence-electron chi connectivity index (χ1n) is 4.53. The summed E-state index contributed by atoms with van der Waals surface area (Å²) in [4.78, 5) is 11.0. The van der Waals surface area contributed by atoms with Crippen LogP contribution in [0.15, 0.2) is 0 Å². The van der Waals surface area contributed by atoms with Gasteiger partial charge in [-0.3, -0.25) is 4.79 Å². The molecule has 1 rings (SSSR count). The van der Waals surface area contributed by atoms with E-state index in [-0.39, 0.29) is 12.1 Å². The molecule has 0 N–H and O–H groups in total. The van der Waals surface area contributed by atoms with Gasteiger partial charge in [-0.2, -0.15) is 0 Å². The number of rotatable bonds is 3. The lowest BCUT2D eigenvalue weighted by Crippen LogP contribution is -2.22. The van der Waals surface area contributed by atoms with Crippen molar-refractivity contribution in [3.63, 3.8) is 0 Å². The molecular weight excluding hydrogens is 220 g/mol. The average molecular weight is 235 g/mol. The first kappa shape index (κ1) is 10.0. The molecule has 0 radical (unpaired) electrons. The van der Waals surface area contributed by atoms with Crippen molar-refractivity contribution in [3.05, 3.63) is 0 Å². The number of hydrogen-bond donors (Lipinski definition) is 0. The van der Waals surface area contributed by atoms with Crippen molar-refractivity contribution in [1.82, 2.24) is 0 Å². The lowest BCUT2D eigenvalue weighted by molar-refractivity contribution is -0.147. The zero-order chi connectivity index (χ0) is 8.97. The Labute approximate surface area is 81.8 Å². The van der Waals surface area contributed by atoms with E-state index >= 15 is 0 Å². The highest BCUT2D eigenvalue weighted by molar-refractivity contribution is 9.09. The minimum absolute atomic E-state index is 0.125. The smallest absolute Gasteiger partial charge is 0.316 e. The monoisotopic (exact) mass is 234 g/mol. The minimum Gasteiger partial charge on any atom is -0.461 e. The Bertz CT molecular complexity index is 159. The van der Waals surface area contributed by atoms with E-state index in [9.17, 15) is 4.79 Å². The molecule has 0 aromatic rings. The lowest BCUT2D eigenvalue weighted by atomic mass is 10.0. The van der Waals surface area contributed by atoms with E-state index in [0.29, 0.717) is 11.2 Å². The van der Waals surface area contributed by atoms with Crippen LogP contribution in [0, 0.1) is 5.92 Å². The Morgan fingerprint density at radius 2 is 2.33 bits per heavy atom. The van der Waals surface area contributed by atoms with Gasteiger partial charge in [0.25, 0.3) is 0 Å².